The van der Waals surface area contributed by atoms with E-state index in [4.69, 9.17) is 9.84 Å². The Morgan fingerprint density at radius 1 is 1.05 bits per heavy atom. The van der Waals surface area contributed by atoms with Crippen LogP contribution in [0.15, 0.2) is 36.4 Å². The van der Waals surface area contributed by atoms with Crippen molar-refractivity contribution in [1.29, 1.82) is 0 Å². The molecule has 0 fully saturated rings. The number of ether oxygens (including phenoxy) is 1. The highest BCUT2D eigenvalue weighted by Gasteiger charge is 2.16. The molecule has 1 heterocycles. The van der Waals surface area contributed by atoms with Crippen LogP contribution in [-0.4, -0.2) is 11.1 Å². The summed E-state index contributed by atoms with van der Waals surface area (Å²) in [6.07, 6.45) is 0. The summed E-state index contributed by atoms with van der Waals surface area (Å²) >= 11 is 0. The van der Waals surface area contributed by atoms with E-state index in [1.165, 1.54) is 12.1 Å². The van der Waals surface area contributed by atoms with Gasteiger partial charge in [-0.2, -0.15) is 0 Å². The average Bonchev–Trinajstić information content (AvgIpc) is 2.56. The van der Waals surface area contributed by atoms with Crippen LogP contribution in [0.4, 0.5) is 4.39 Å². The van der Waals surface area contributed by atoms with Crippen molar-refractivity contribution >= 4 is 5.97 Å². The molecule has 0 saturated carbocycles. The van der Waals surface area contributed by atoms with Crippen molar-refractivity contribution in [2.24, 2.45) is 0 Å². The minimum absolute atomic E-state index is 0.230. The van der Waals surface area contributed by atoms with Crippen molar-refractivity contribution in [1.82, 2.24) is 0 Å². The summed E-state index contributed by atoms with van der Waals surface area (Å²) < 4.78 is 18.7. The lowest BCUT2D eigenvalue weighted by atomic mass is 9.95. The molecule has 0 radical (unpaired) electrons. The maximum absolute atomic E-state index is 13.2. The topological polar surface area (TPSA) is 46.5 Å². The van der Waals surface area contributed by atoms with Crippen LogP contribution in [0.25, 0.3) is 11.1 Å². The number of hydrogen-bond acceptors (Lipinski definition) is 2. The molecule has 3 rings (SSSR count). The molecule has 0 saturated heterocycles. The fourth-order valence-electron chi connectivity index (χ4n) is 2.32. The Balaban J connectivity index is 2.18. The molecule has 0 bridgehead atoms. The minimum atomic E-state index is -0.966. The number of rotatable bonds is 1. The predicted octanol–water partition coefficient (Wildman–Crippen LogP) is 3.22. The largest absolute Gasteiger partial charge is 0.478 e. The summed E-state index contributed by atoms with van der Waals surface area (Å²) in [6, 6.07) is 9.48. The number of aromatic carboxylic acids is 1. The molecule has 0 atom stereocenters. The van der Waals surface area contributed by atoms with E-state index in [-0.39, 0.29) is 11.4 Å². The van der Waals surface area contributed by atoms with E-state index in [0.29, 0.717) is 13.2 Å². The second kappa shape index (κ2) is 4.48. The summed E-state index contributed by atoms with van der Waals surface area (Å²) in [5, 5.41) is 9.00. The van der Waals surface area contributed by atoms with Crippen LogP contribution in [0.2, 0.25) is 0 Å². The molecule has 4 heteroatoms. The number of carboxylic acids is 1. The number of carboxylic acid groups (broad SMARTS) is 1. The van der Waals surface area contributed by atoms with Gasteiger partial charge in [0.1, 0.15) is 5.82 Å². The summed E-state index contributed by atoms with van der Waals surface area (Å²) in [7, 11) is 0. The van der Waals surface area contributed by atoms with E-state index >= 15 is 0 Å². The predicted molar refractivity (Wildman–Crippen MR) is 67.3 cm³/mol. The Kier molecular flexibility index (Phi) is 2.80. The normalized spacial score (nSPS) is 13.3. The number of hydrogen-bond donors (Lipinski definition) is 1. The van der Waals surface area contributed by atoms with Gasteiger partial charge in [-0.05, 0) is 46.5 Å². The molecule has 1 aliphatic heterocycles. The van der Waals surface area contributed by atoms with Crippen LogP contribution in [-0.2, 0) is 18.0 Å². The first kappa shape index (κ1) is 11.9. The SMILES string of the molecule is O=C(O)c1ccc2c(c1)COCc1cc(F)ccc1-2. The highest BCUT2D eigenvalue weighted by atomic mass is 19.1. The third kappa shape index (κ3) is 2.11. The van der Waals surface area contributed by atoms with Crippen LogP contribution < -0.4 is 0 Å². The fraction of sp³-hybridized carbons (Fsp3) is 0.133. The van der Waals surface area contributed by atoms with Gasteiger partial charge >= 0.3 is 5.97 Å². The van der Waals surface area contributed by atoms with Gasteiger partial charge in [-0.1, -0.05) is 12.1 Å². The fourth-order valence-corrected chi connectivity index (χ4v) is 2.32. The summed E-state index contributed by atoms with van der Waals surface area (Å²) in [5.74, 6) is -1.26. The Morgan fingerprint density at radius 3 is 2.37 bits per heavy atom. The lowest BCUT2D eigenvalue weighted by Gasteiger charge is -2.09. The molecule has 0 amide bonds. The molecule has 2 aromatic rings. The number of fused-ring (bicyclic) bond motifs is 3. The van der Waals surface area contributed by atoms with Crippen LogP contribution >= 0.6 is 0 Å². The summed E-state index contributed by atoms with van der Waals surface area (Å²) in [5.41, 5.74) is 3.61. The first-order valence-corrected chi connectivity index (χ1v) is 5.88. The van der Waals surface area contributed by atoms with Crippen molar-refractivity contribution in [3.05, 3.63) is 58.9 Å². The van der Waals surface area contributed by atoms with Gasteiger partial charge in [-0.15, -0.1) is 0 Å². The highest BCUT2D eigenvalue weighted by Crippen LogP contribution is 2.32. The van der Waals surface area contributed by atoms with Gasteiger partial charge in [-0.3, -0.25) is 0 Å². The van der Waals surface area contributed by atoms with Gasteiger partial charge in [0.2, 0.25) is 0 Å². The smallest absolute Gasteiger partial charge is 0.335 e. The van der Waals surface area contributed by atoms with Gasteiger partial charge < -0.3 is 9.84 Å². The van der Waals surface area contributed by atoms with Crippen LogP contribution in [0.1, 0.15) is 21.5 Å². The van der Waals surface area contributed by atoms with E-state index in [1.807, 2.05) is 0 Å². The quantitative estimate of drug-likeness (QED) is 0.854. The standard InChI is InChI=1S/C15H11FO3/c16-12-2-4-14-11(6-12)8-19-7-10-5-9(15(17)18)1-3-13(10)14/h1-6H,7-8H2,(H,17,18). The van der Waals surface area contributed by atoms with Crippen molar-refractivity contribution in [3.8, 4) is 11.1 Å². The van der Waals surface area contributed by atoms with Crippen LogP contribution in [0, 0.1) is 5.82 Å². The molecule has 19 heavy (non-hydrogen) atoms. The first-order chi connectivity index (χ1) is 9.15. The number of halogens is 1. The zero-order valence-electron chi connectivity index (χ0n) is 10.0. The lowest BCUT2D eigenvalue weighted by molar-refractivity contribution is 0.0696. The minimum Gasteiger partial charge on any atom is -0.478 e. The highest BCUT2D eigenvalue weighted by molar-refractivity contribution is 5.89. The zero-order valence-corrected chi connectivity index (χ0v) is 10.0. The van der Waals surface area contributed by atoms with E-state index in [2.05, 4.69) is 0 Å². The van der Waals surface area contributed by atoms with Crippen molar-refractivity contribution in [3.63, 3.8) is 0 Å². The lowest BCUT2D eigenvalue weighted by Crippen LogP contribution is -1.99. The molecule has 96 valence electrons. The molecule has 3 nitrogen and oxygen atoms in total. The van der Waals surface area contributed by atoms with Crippen LogP contribution in [0.5, 0.6) is 0 Å². The molecule has 0 spiro atoms. The molecular weight excluding hydrogens is 247 g/mol. The van der Waals surface area contributed by atoms with Gasteiger partial charge in [0.15, 0.2) is 0 Å². The molecule has 2 aromatic carbocycles. The maximum Gasteiger partial charge on any atom is 0.335 e. The van der Waals surface area contributed by atoms with E-state index < -0.39 is 5.97 Å². The third-order valence-corrected chi connectivity index (χ3v) is 3.22. The molecular formula is C15H11FO3. The molecule has 0 aliphatic carbocycles. The Labute approximate surface area is 109 Å². The maximum atomic E-state index is 13.2. The Hall–Kier alpha value is -2.20. The molecule has 1 N–H and O–H groups in total. The van der Waals surface area contributed by atoms with E-state index in [9.17, 15) is 9.18 Å². The van der Waals surface area contributed by atoms with Crippen molar-refractivity contribution < 1.29 is 19.0 Å². The van der Waals surface area contributed by atoms with Gasteiger partial charge in [0.05, 0.1) is 18.8 Å². The van der Waals surface area contributed by atoms with Crippen molar-refractivity contribution in [2.45, 2.75) is 13.2 Å². The van der Waals surface area contributed by atoms with Crippen LogP contribution in [0.3, 0.4) is 0 Å². The third-order valence-electron chi connectivity index (χ3n) is 3.22. The molecule has 0 unspecified atom stereocenters. The summed E-state index contributed by atoms with van der Waals surface area (Å²) in [4.78, 5) is 11.0. The van der Waals surface area contributed by atoms with Gasteiger partial charge in [0, 0.05) is 0 Å². The first-order valence-electron chi connectivity index (χ1n) is 5.88. The zero-order chi connectivity index (χ0) is 13.4. The number of carbonyl (C=O) groups is 1. The van der Waals surface area contributed by atoms with Crippen molar-refractivity contribution in [2.75, 3.05) is 0 Å². The van der Waals surface area contributed by atoms with E-state index in [1.54, 1.807) is 24.3 Å². The average molecular weight is 258 g/mol. The number of benzene rings is 2. The second-order valence-electron chi connectivity index (χ2n) is 4.47. The monoisotopic (exact) mass is 258 g/mol. The molecule has 0 aromatic heterocycles. The Morgan fingerprint density at radius 2 is 1.68 bits per heavy atom. The van der Waals surface area contributed by atoms with Gasteiger partial charge in [0.25, 0.3) is 0 Å². The Bertz CT molecular complexity index is 664. The molecule has 1 aliphatic rings. The second-order valence-corrected chi connectivity index (χ2v) is 4.47. The summed E-state index contributed by atoms with van der Waals surface area (Å²) in [6.45, 7) is 0.650. The van der Waals surface area contributed by atoms with Gasteiger partial charge in [-0.25, -0.2) is 9.18 Å². The van der Waals surface area contributed by atoms with E-state index in [0.717, 1.165) is 22.3 Å².